The summed E-state index contributed by atoms with van der Waals surface area (Å²) in [5.74, 6) is 0.330. The van der Waals surface area contributed by atoms with Crippen LogP contribution in [0.1, 0.15) is 31.3 Å². The predicted molar refractivity (Wildman–Crippen MR) is 78.3 cm³/mol. The number of hydrogen-bond acceptors (Lipinski definition) is 3. The summed E-state index contributed by atoms with van der Waals surface area (Å²) in [6, 6.07) is 3.35. The van der Waals surface area contributed by atoms with Gasteiger partial charge in [-0.15, -0.1) is 0 Å². The van der Waals surface area contributed by atoms with Crippen LogP contribution in [0.3, 0.4) is 0 Å². The molecule has 1 saturated heterocycles. The van der Waals surface area contributed by atoms with Crippen molar-refractivity contribution in [2.75, 3.05) is 26.2 Å². The number of amides is 2. The van der Waals surface area contributed by atoms with Crippen LogP contribution < -0.4 is 0 Å². The van der Waals surface area contributed by atoms with Gasteiger partial charge >= 0.3 is 0 Å². The molecular formula is C14H19BrN2O3. The molecule has 2 rings (SSSR count). The van der Waals surface area contributed by atoms with Gasteiger partial charge in [0.2, 0.25) is 5.91 Å². The summed E-state index contributed by atoms with van der Waals surface area (Å²) >= 11 is 3.18. The maximum atomic E-state index is 12.2. The monoisotopic (exact) mass is 342 g/mol. The number of halogens is 1. The number of piperazine rings is 1. The number of hydrogen-bond donors (Lipinski definition) is 0. The third-order valence-corrected chi connectivity index (χ3v) is 3.71. The van der Waals surface area contributed by atoms with Crippen LogP contribution in [0.2, 0.25) is 0 Å². The fourth-order valence-electron chi connectivity index (χ4n) is 2.17. The number of rotatable bonds is 1. The minimum absolute atomic E-state index is 0.126. The molecule has 0 aliphatic carbocycles. The molecule has 0 aromatic carbocycles. The molecule has 0 bridgehead atoms. The SMILES string of the molecule is CC(C)(C)C(=O)N1CCN(C(=O)c2ccc(Br)o2)CC1. The normalized spacial score (nSPS) is 16.4. The fourth-order valence-corrected chi connectivity index (χ4v) is 2.48. The van der Waals surface area contributed by atoms with Crippen molar-refractivity contribution in [3.63, 3.8) is 0 Å². The molecule has 0 radical (unpaired) electrons. The molecule has 0 N–H and O–H groups in total. The first-order chi connectivity index (χ1) is 9.29. The first kappa shape index (κ1) is 15.1. The number of furan rings is 1. The zero-order valence-electron chi connectivity index (χ0n) is 12.0. The smallest absolute Gasteiger partial charge is 0.289 e. The number of carbonyl (C=O) groups excluding carboxylic acids is 2. The third-order valence-electron chi connectivity index (χ3n) is 3.28. The summed E-state index contributed by atoms with van der Waals surface area (Å²) in [4.78, 5) is 27.9. The van der Waals surface area contributed by atoms with Gasteiger partial charge < -0.3 is 14.2 Å². The first-order valence-electron chi connectivity index (χ1n) is 6.63. The molecule has 0 saturated carbocycles. The van der Waals surface area contributed by atoms with Crippen LogP contribution in [-0.4, -0.2) is 47.8 Å². The van der Waals surface area contributed by atoms with Gasteiger partial charge in [-0.1, -0.05) is 20.8 Å². The standard InChI is InChI=1S/C14H19BrN2O3/c1-14(2,3)13(19)17-8-6-16(7-9-17)12(18)10-4-5-11(15)20-10/h4-5H,6-9H2,1-3H3. The lowest BCUT2D eigenvalue weighted by molar-refractivity contribution is -0.140. The summed E-state index contributed by atoms with van der Waals surface area (Å²) in [7, 11) is 0. The summed E-state index contributed by atoms with van der Waals surface area (Å²) in [5, 5.41) is 0. The zero-order chi connectivity index (χ0) is 14.9. The molecule has 1 aliphatic rings. The van der Waals surface area contributed by atoms with Gasteiger partial charge in [-0.05, 0) is 28.1 Å². The minimum atomic E-state index is -0.377. The molecule has 1 aromatic heterocycles. The maximum absolute atomic E-state index is 12.2. The molecule has 20 heavy (non-hydrogen) atoms. The Morgan fingerprint density at radius 3 is 2.10 bits per heavy atom. The zero-order valence-corrected chi connectivity index (χ0v) is 13.6. The van der Waals surface area contributed by atoms with Crippen molar-refractivity contribution in [3.8, 4) is 0 Å². The molecule has 1 aliphatic heterocycles. The second-order valence-electron chi connectivity index (χ2n) is 5.94. The van der Waals surface area contributed by atoms with Gasteiger partial charge in [-0.2, -0.15) is 0 Å². The highest BCUT2D eigenvalue weighted by atomic mass is 79.9. The first-order valence-corrected chi connectivity index (χ1v) is 7.42. The molecule has 0 atom stereocenters. The van der Waals surface area contributed by atoms with E-state index >= 15 is 0 Å². The van der Waals surface area contributed by atoms with E-state index in [4.69, 9.17) is 4.42 Å². The molecule has 0 spiro atoms. The topological polar surface area (TPSA) is 53.8 Å². The lowest BCUT2D eigenvalue weighted by Crippen LogP contribution is -2.53. The van der Waals surface area contributed by atoms with Crippen molar-refractivity contribution in [1.82, 2.24) is 9.80 Å². The van der Waals surface area contributed by atoms with Gasteiger partial charge in [0, 0.05) is 31.6 Å². The Labute approximate surface area is 127 Å². The average molecular weight is 343 g/mol. The predicted octanol–water partition coefficient (Wildman–Crippen LogP) is 2.37. The van der Waals surface area contributed by atoms with Crippen molar-refractivity contribution in [3.05, 3.63) is 22.6 Å². The van der Waals surface area contributed by atoms with E-state index < -0.39 is 0 Å². The molecule has 2 heterocycles. The minimum Gasteiger partial charge on any atom is -0.444 e. The van der Waals surface area contributed by atoms with Crippen LogP contribution in [0, 0.1) is 5.41 Å². The van der Waals surface area contributed by atoms with E-state index in [1.165, 1.54) is 0 Å². The van der Waals surface area contributed by atoms with Crippen LogP contribution in [0.15, 0.2) is 21.2 Å². The average Bonchev–Trinajstić information content (AvgIpc) is 2.83. The highest BCUT2D eigenvalue weighted by Gasteiger charge is 2.31. The summed E-state index contributed by atoms with van der Waals surface area (Å²) in [6.07, 6.45) is 0. The van der Waals surface area contributed by atoms with Gasteiger partial charge in [-0.3, -0.25) is 9.59 Å². The van der Waals surface area contributed by atoms with E-state index in [1.54, 1.807) is 17.0 Å². The molecule has 1 fully saturated rings. The van der Waals surface area contributed by atoms with Crippen LogP contribution in [-0.2, 0) is 4.79 Å². The molecular weight excluding hydrogens is 324 g/mol. The quantitative estimate of drug-likeness (QED) is 0.787. The van der Waals surface area contributed by atoms with Crippen LogP contribution in [0.5, 0.6) is 0 Å². The van der Waals surface area contributed by atoms with Gasteiger partial charge in [-0.25, -0.2) is 0 Å². The molecule has 110 valence electrons. The summed E-state index contributed by atoms with van der Waals surface area (Å²) in [5.41, 5.74) is -0.377. The fraction of sp³-hybridized carbons (Fsp3) is 0.571. The Balaban J connectivity index is 1.95. The van der Waals surface area contributed by atoms with E-state index in [0.29, 0.717) is 36.6 Å². The summed E-state index contributed by atoms with van der Waals surface area (Å²) in [6.45, 7) is 7.96. The second-order valence-corrected chi connectivity index (χ2v) is 6.72. The molecule has 1 aromatic rings. The number of carbonyl (C=O) groups is 2. The second kappa shape index (κ2) is 5.60. The van der Waals surface area contributed by atoms with E-state index in [-0.39, 0.29) is 17.2 Å². The molecule has 6 heteroatoms. The van der Waals surface area contributed by atoms with Gasteiger partial charge in [0.25, 0.3) is 5.91 Å². The van der Waals surface area contributed by atoms with E-state index in [1.807, 2.05) is 25.7 Å². The highest BCUT2D eigenvalue weighted by molar-refractivity contribution is 9.10. The van der Waals surface area contributed by atoms with E-state index in [0.717, 1.165) is 0 Å². The van der Waals surface area contributed by atoms with Crippen molar-refractivity contribution in [2.45, 2.75) is 20.8 Å². The maximum Gasteiger partial charge on any atom is 0.289 e. The Morgan fingerprint density at radius 1 is 1.10 bits per heavy atom. The van der Waals surface area contributed by atoms with Crippen molar-refractivity contribution in [2.24, 2.45) is 5.41 Å². The molecule has 0 unspecified atom stereocenters. The Bertz CT molecular complexity index is 511. The van der Waals surface area contributed by atoms with Crippen molar-refractivity contribution >= 4 is 27.7 Å². The number of nitrogens with zero attached hydrogens (tertiary/aromatic N) is 2. The van der Waals surface area contributed by atoms with Gasteiger partial charge in [0.1, 0.15) is 0 Å². The van der Waals surface area contributed by atoms with Crippen LogP contribution >= 0.6 is 15.9 Å². The third kappa shape index (κ3) is 3.23. The van der Waals surface area contributed by atoms with Crippen LogP contribution in [0.4, 0.5) is 0 Å². The van der Waals surface area contributed by atoms with Gasteiger partial charge in [0.15, 0.2) is 10.4 Å². The molecule has 5 nitrogen and oxygen atoms in total. The summed E-state index contributed by atoms with van der Waals surface area (Å²) < 4.78 is 5.82. The Kier molecular flexibility index (Phi) is 4.22. The lowest BCUT2D eigenvalue weighted by Gasteiger charge is -2.37. The van der Waals surface area contributed by atoms with Crippen LogP contribution in [0.25, 0.3) is 0 Å². The van der Waals surface area contributed by atoms with E-state index in [9.17, 15) is 9.59 Å². The largest absolute Gasteiger partial charge is 0.444 e. The Morgan fingerprint density at radius 2 is 1.65 bits per heavy atom. The van der Waals surface area contributed by atoms with E-state index in [2.05, 4.69) is 15.9 Å². The van der Waals surface area contributed by atoms with Gasteiger partial charge in [0.05, 0.1) is 0 Å². The van der Waals surface area contributed by atoms with Crippen molar-refractivity contribution < 1.29 is 14.0 Å². The lowest BCUT2D eigenvalue weighted by atomic mass is 9.94. The van der Waals surface area contributed by atoms with Crippen molar-refractivity contribution in [1.29, 1.82) is 0 Å². The highest BCUT2D eigenvalue weighted by Crippen LogP contribution is 2.20. The Hall–Kier alpha value is -1.30. The molecule has 2 amide bonds.